The molecule has 158 valence electrons. The molecule has 0 unspecified atom stereocenters. The van der Waals surface area contributed by atoms with Gasteiger partial charge >= 0.3 is 0 Å². The smallest absolute Gasteiger partial charge is 0.279 e. The number of benzene rings is 1. The van der Waals surface area contributed by atoms with Crippen LogP contribution < -0.4 is 10.9 Å². The average Bonchev–Trinajstić information content (AvgIpc) is 3.05. The molecule has 1 atom stereocenters. The van der Waals surface area contributed by atoms with E-state index in [-0.39, 0.29) is 23.4 Å². The molecule has 7 heteroatoms. The van der Waals surface area contributed by atoms with Crippen molar-refractivity contribution in [1.82, 2.24) is 15.0 Å². The van der Waals surface area contributed by atoms with Crippen LogP contribution >= 0.6 is 11.3 Å². The maximum Gasteiger partial charge on any atom is 0.279 e. The van der Waals surface area contributed by atoms with Crippen LogP contribution in [0, 0.1) is 25.2 Å². The molecule has 4 rings (SSSR count). The maximum absolute atomic E-state index is 13.1. The van der Waals surface area contributed by atoms with Gasteiger partial charge in [0.05, 0.1) is 5.39 Å². The van der Waals surface area contributed by atoms with Gasteiger partial charge in [-0.1, -0.05) is 38.1 Å². The predicted octanol–water partition coefficient (Wildman–Crippen LogP) is 4.26. The molecular formula is C23H28N4O2S. The summed E-state index contributed by atoms with van der Waals surface area (Å²) in [7, 11) is 0. The zero-order valence-corrected chi connectivity index (χ0v) is 19.0. The predicted molar refractivity (Wildman–Crippen MR) is 121 cm³/mol. The van der Waals surface area contributed by atoms with Crippen molar-refractivity contribution >= 4 is 33.1 Å². The normalized spacial score (nSPS) is 16.5. The molecule has 2 heterocycles. The Labute approximate surface area is 180 Å². The Hall–Kier alpha value is -2.54. The van der Waals surface area contributed by atoms with Crippen LogP contribution in [0.1, 0.15) is 48.8 Å². The lowest BCUT2D eigenvalue weighted by atomic mass is 9.72. The second-order valence-corrected chi connectivity index (χ2v) is 10.4. The van der Waals surface area contributed by atoms with Crippen LogP contribution in [0.25, 0.3) is 10.2 Å². The lowest BCUT2D eigenvalue weighted by molar-refractivity contribution is -0.117. The van der Waals surface area contributed by atoms with Gasteiger partial charge in [0.2, 0.25) is 5.91 Å². The van der Waals surface area contributed by atoms with E-state index in [1.165, 1.54) is 9.56 Å². The lowest BCUT2D eigenvalue weighted by Gasteiger charge is -2.33. The Balaban J connectivity index is 1.61. The van der Waals surface area contributed by atoms with E-state index in [0.717, 1.165) is 41.6 Å². The van der Waals surface area contributed by atoms with Crippen molar-refractivity contribution in [3.05, 3.63) is 50.1 Å². The Morgan fingerprint density at radius 2 is 2.07 bits per heavy atom. The van der Waals surface area contributed by atoms with Crippen molar-refractivity contribution in [2.45, 2.75) is 60.4 Å². The van der Waals surface area contributed by atoms with Gasteiger partial charge in [-0.15, -0.1) is 16.4 Å². The zero-order chi connectivity index (χ0) is 21.6. The number of amides is 1. The molecule has 0 bridgehead atoms. The molecule has 0 spiro atoms. The minimum atomic E-state index is -0.281. The topological polar surface area (TPSA) is 76.9 Å². The summed E-state index contributed by atoms with van der Waals surface area (Å²) in [6, 6.07) is 5.76. The summed E-state index contributed by atoms with van der Waals surface area (Å²) in [4.78, 5) is 27.7. The van der Waals surface area contributed by atoms with Crippen molar-refractivity contribution in [2.24, 2.45) is 11.3 Å². The molecule has 1 aromatic carbocycles. The molecule has 1 amide bonds. The molecule has 0 fully saturated rings. The fourth-order valence-corrected chi connectivity index (χ4v) is 5.42. The van der Waals surface area contributed by atoms with Crippen LogP contribution in [-0.4, -0.2) is 20.9 Å². The number of anilines is 1. The molecular weight excluding hydrogens is 396 g/mol. The number of fused-ring (bicyclic) bond motifs is 3. The highest BCUT2D eigenvalue weighted by atomic mass is 32.1. The van der Waals surface area contributed by atoms with E-state index in [9.17, 15) is 9.59 Å². The molecule has 0 radical (unpaired) electrons. The molecule has 30 heavy (non-hydrogen) atoms. The van der Waals surface area contributed by atoms with E-state index in [4.69, 9.17) is 0 Å². The molecule has 0 aliphatic heterocycles. The molecule has 0 saturated heterocycles. The van der Waals surface area contributed by atoms with Gasteiger partial charge in [0.1, 0.15) is 6.54 Å². The summed E-state index contributed by atoms with van der Waals surface area (Å²) in [6.07, 6.45) is 2.93. The monoisotopic (exact) mass is 424 g/mol. The third kappa shape index (κ3) is 3.78. The van der Waals surface area contributed by atoms with E-state index in [0.29, 0.717) is 16.1 Å². The fourth-order valence-electron chi connectivity index (χ4n) is 4.18. The fraction of sp³-hybridized carbons (Fsp3) is 0.478. The average molecular weight is 425 g/mol. The third-order valence-electron chi connectivity index (χ3n) is 6.34. The van der Waals surface area contributed by atoms with Gasteiger partial charge in [0, 0.05) is 10.6 Å². The van der Waals surface area contributed by atoms with E-state index in [1.807, 2.05) is 32.0 Å². The van der Waals surface area contributed by atoms with Gasteiger partial charge in [-0.25, -0.2) is 4.68 Å². The van der Waals surface area contributed by atoms with Crippen LogP contribution in [0.15, 0.2) is 23.0 Å². The van der Waals surface area contributed by atoms with Crippen LogP contribution in [0.4, 0.5) is 5.69 Å². The number of hydrogen-bond acceptors (Lipinski definition) is 5. The lowest BCUT2D eigenvalue weighted by Crippen LogP contribution is -2.31. The Morgan fingerprint density at radius 1 is 1.30 bits per heavy atom. The standard InChI is InChI=1S/C23H28N4O2S/c1-13-7-6-8-17(14(13)2)24-19(28)12-27-22(29)20-16-10-9-15(23(3,4)5)11-18(16)30-21(20)25-26-27/h6-8,15H,9-12H2,1-5H3,(H,24,28)/t15-/m0/s1. The van der Waals surface area contributed by atoms with Crippen molar-refractivity contribution in [1.29, 1.82) is 0 Å². The van der Waals surface area contributed by atoms with Gasteiger partial charge < -0.3 is 5.32 Å². The number of nitrogens with one attached hydrogen (secondary N) is 1. The van der Waals surface area contributed by atoms with Crippen molar-refractivity contribution in [3.8, 4) is 0 Å². The Morgan fingerprint density at radius 3 is 2.80 bits per heavy atom. The van der Waals surface area contributed by atoms with Crippen molar-refractivity contribution in [3.63, 3.8) is 0 Å². The Bertz CT molecular complexity index is 1190. The van der Waals surface area contributed by atoms with Gasteiger partial charge in [0.15, 0.2) is 4.83 Å². The second-order valence-electron chi connectivity index (χ2n) is 9.34. The van der Waals surface area contributed by atoms with Crippen LogP contribution in [0.2, 0.25) is 0 Å². The first-order valence-electron chi connectivity index (χ1n) is 10.4. The first-order valence-corrected chi connectivity index (χ1v) is 11.2. The van der Waals surface area contributed by atoms with Gasteiger partial charge in [-0.3, -0.25) is 9.59 Å². The largest absolute Gasteiger partial charge is 0.324 e. The van der Waals surface area contributed by atoms with Crippen LogP contribution in [0.3, 0.4) is 0 Å². The summed E-state index contributed by atoms with van der Waals surface area (Å²) in [5.74, 6) is 0.313. The summed E-state index contributed by atoms with van der Waals surface area (Å²) in [5, 5.41) is 11.9. The summed E-state index contributed by atoms with van der Waals surface area (Å²) in [5.41, 5.74) is 4.00. The van der Waals surface area contributed by atoms with Crippen molar-refractivity contribution in [2.75, 3.05) is 5.32 Å². The molecule has 0 saturated carbocycles. The van der Waals surface area contributed by atoms with Gasteiger partial charge in [0.25, 0.3) is 5.56 Å². The number of thiophene rings is 1. The highest BCUT2D eigenvalue weighted by molar-refractivity contribution is 7.18. The maximum atomic E-state index is 13.1. The first-order chi connectivity index (χ1) is 14.1. The number of rotatable bonds is 3. The number of carbonyl (C=O) groups excluding carboxylic acids is 1. The van der Waals surface area contributed by atoms with Gasteiger partial charge in [-0.05, 0) is 67.2 Å². The molecule has 1 N–H and O–H groups in total. The Kier molecular flexibility index (Phi) is 5.26. The number of aryl methyl sites for hydroxylation is 2. The third-order valence-corrected chi connectivity index (χ3v) is 7.47. The molecule has 1 aliphatic rings. The minimum absolute atomic E-state index is 0.148. The van der Waals surface area contributed by atoms with E-state index in [2.05, 4.69) is 36.4 Å². The van der Waals surface area contributed by atoms with Crippen LogP contribution in [0.5, 0.6) is 0 Å². The van der Waals surface area contributed by atoms with E-state index in [1.54, 1.807) is 11.3 Å². The first kappa shape index (κ1) is 20.7. The molecule has 6 nitrogen and oxygen atoms in total. The number of aromatic nitrogens is 3. The molecule has 2 aromatic heterocycles. The number of nitrogens with zero attached hydrogens (tertiary/aromatic N) is 3. The molecule has 3 aromatic rings. The number of carbonyl (C=O) groups is 1. The van der Waals surface area contributed by atoms with E-state index >= 15 is 0 Å². The SMILES string of the molecule is Cc1cccc(NC(=O)Cn2nnc3sc4c(c3c2=O)CC[C@H](C(C)(C)C)C4)c1C. The second kappa shape index (κ2) is 7.61. The number of hydrogen-bond donors (Lipinski definition) is 1. The minimum Gasteiger partial charge on any atom is -0.324 e. The van der Waals surface area contributed by atoms with Crippen LogP contribution in [-0.2, 0) is 24.2 Å². The summed E-state index contributed by atoms with van der Waals surface area (Å²) in [6.45, 7) is 10.6. The van der Waals surface area contributed by atoms with Gasteiger partial charge in [-0.2, -0.15) is 0 Å². The van der Waals surface area contributed by atoms with E-state index < -0.39 is 0 Å². The van der Waals surface area contributed by atoms with Crippen molar-refractivity contribution < 1.29 is 4.79 Å². The highest BCUT2D eigenvalue weighted by Gasteiger charge is 2.32. The highest BCUT2D eigenvalue weighted by Crippen LogP contribution is 2.41. The zero-order valence-electron chi connectivity index (χ0n) is 18.2. The quantitative estimate of drug-likeness (QED) is 0.682. The summed E-state index contributed by atoms with van der Waals surface area (Å²) < 4.78 is 1.19. The summed E-state index contributed by atoms with van der Waals surface area (Å²) >= 11 is 1.58. The molecule has 1 aliphatic carbocycles.